The molecule has 65 heavy (non-hydrogen) atoms. The second-order valence-corrected chi connectivity index (χ2v) is 16.2. The first kappa shape index (κ1) is 45.2. The van der Waals surface area contributed by atoms with Gasteiger partial charge in [-0.1, -0.05) is 32.0 Å². The SMILES string of the molecule is COc1cc2c(cc1OCCCC(=O)Nc1cn(C)c(C(=O)Nc3ccc(-c4cc(C(=O)O)n(C)c4)cc3)n1)N=C[C@@H]1Cc3ccc(NC(=O)[C@H](C)NC(=O)[C@@H](N)C(C)C)cc3N1C2=O. The average Bonchev–Trinajstić information content (AvgIpc) is 3.94. The van der Waals surface area contributed by atoms with Crippen LogP contribution in [0, 0.1) is 5.92 Å². The van der Waals surface area contributed by atoms with Crippen molar-refractivity contribution in [3.63, 3.8) is 0 Å². The standard InChI is InChI=1S/C46H50N10O9/c1-24(2)40(47)43(59)49-25(3)42(58)51-30-14-11-27-16-31-21-48-33-20-37(36(64-6)19-32(33)45(61)56(31)34(27)18-30)65-15-7-8-39(57)52-38-23-55(5)41(53-38)44(60)50-29-12-9-26(10-13-29)28-17-35(46(62)63)54(4)22-28/h9-14,17-25,31,40H,7-8,15-16,47H2,1-6H3,(H,49,59)(H,50,60)(H,51,58)(H,52,57)(H,62,63)/t25-,31-,40-/m0/s1. The van der Waals surface area contributed by atoms with E-state index in [1.54, 1.807) is 92.9 Å². The second kappa shape index (κ2) is 18.9. The summed E-state index contributed by atoms with van der Waals surface area (Å²) in [6.07, 6.45) is 5.84. The molecule has 2 aliphatic rings. The molecule has 5 aromatic rings. The Labute approximate surface area is 374 Å². The summed E-state index contributed by atoms with van der Waals surface area (Å²) in [5.41, 5.74) is 10.7. The minimum Gasteiger partial charge on any atom is -0.493 e. The van der Waals surface area contributed by atoms with Crippen molar-refractivity contribution in [1.29, 1.82) is 0 Å². The Balaban J connectivity index is 0.921. The van der Waals surface area contributed by atoms with Crippen LogP contribution in [0.25, 0.3) is 11.1 Å². The highest BCUT2D eigenvalue weighted by Gasteiger charge is 2.37. The van der Waals surface area contributed by atoms with Gasteiger partial charge in [0.1, 0.15) is 11.7 Å². The van der Waals surface area contributed by atoms with Crippen LogP contribution in [-0.2, 0) is 34.9 Å². The number of amides is 5. The Morgan fingerprint density at radius 1 is 0.877 bits per heavy atom. The van der Waals surface area contributed by atoms with Crippen LogP contribution in [-0.4, -0.2) is 92.8 Å². The second-order valence-electron chi connectivity index (χ2n) is 16.2. The van der Waals surface area contributed by atoms with E-state index in [0.717, 1.165) is 16.7 Å². The van der Waals surface area contributed by atoms with Crippen molar-refractivity contribution in [2.45, 2.75) is 58.2 Å². The van der Waals surface area contributed by atoms with E-state index in [-0.39, 0.29) is 59.7 Å². The molecule has 0 unspecified atom stereocenters. The number of nitrogens with two attached hydrogens (primary N) is 1. The number of fused-ring (bicyclic) bond motifs is 4. The fraction of sp³-hybridized carbons (Fsp3) is 0.304. The molecule has 3 aromatic carbocycles. The predicted octanol–water partition coefficient (Wildman–Crippen LogP) is 4.90. The molecule has 5 amide bonds. The fourth-order valence-corrected chi connectivity index (χ4v) is 7.46. The number of aromatic carboxylic acids is 1. The zero-order chi connectivity index (χ0) is 46.7. The van der Waals surface area contributed by atoms with Crippen LogP contribution in [0.5, 0.6) is 11.5 Å². The quantitative estimate of drug-likeness (QED) is 0.0727. The van der Waals surface area contributed by atoms with Crippen molar-refractivity contribution in [3.8, 4) is 22.6 Å². The number of carboxylic acid groups (broad SMARTS) is 1. The molecule has 19 nitrogen and oxygen atoms in total. The monoisotopic (exact) mass is 886 g/mol. The number of aliphatic imine (C=N–C) groups is 1. The number of hydrogen-bond donors (Lipinski definition) is 6. The number of carboxylic acids is 1. The van der Waals surface area contributed by atoms with Gasteiger partial charge < -0.3 is 50.7 Å². The highest BCUT2D eigenvalue weighted by molar-refractivity contribution is 6.15. The Bertz CT molecular complexity index is 2720. The molecule has 7 rings (SSSR count). The third-order valence-electron chi connectivity index (χ3n) is 11.1. The number of anilines is 4. The Hall–Kier alpha value is -7.80. The molecule has 2 aliphatic heterocycles. The zero-order valence-electron chi connectivity index (χ0n) is 36.7. The smallest absolute Gasteiger partial charge is 0.352 e. The van der Waals surface area contributed by atoms with Crippen LogP contribution in [0.2, 0.25) is 0 Å². The largest absolute Gasteiger partial charge is 0.493 e. The van der Waals surface area contributed by atoms with Gasteiger partial charge in [0.2, 0.25) is 23.5 Å². The minimum absolute atomic E-state index is 0.0674. The molecule has 338 valence electrons. The first-order valence-electron chi connectivity index (χ1n) is 20.9. The molecule has 4 heterocycles. The Kier molecular flexibility index (Phi) is 13.1. The average molecular weight is 887 g/mol. The number of hydrogen-bond acceptors (Lipinski definition) is 11. The van der Waals surface area contributed by atoms with Crippen molar-refractivity contribution in [2.75, 3.05) is 34.6 Å². The van der Waals surface area contributed by atoms with Crippen LogP contribution in [0.1, 0.15) is 70.6 Å². The number of aromatic nitrogens is 3. The lowest BCUT2D eigenvalue weighted by molar-refractivity contribution is -0.127. The van der Waals surface area contributed by atoms with Gasteiger partial charge in [0.15, 0.2) is 17.3 Å². The fourth-order valence-electron chi connectivity index (χ4n) is 7.46. The number of carbonyl (C=O) groups is 6. The van der Waals surface area contributed by atoms with E-state index in [9.17, 15) is 33.9 Å². The normalized spacial score (nSPS) is 14.7. The van der Waals surface area contributed by atoms with Gasteiger partial charge in [-0.15, -0.1) is 0 Å². The summed E-state index contributed by atoms with van der Waals surface area (Å²) in [4.78, 5) is 87.6. The molecule has 0 aliphatic carbocycles. The molecule has 2 aromatic heterocycles. The number of rotatable bonds is 16. The van der Waals surface area contributed by atoms with E-state index in [0.29, 0.717) is 47.1 Å². The molecular formula is C46H50N10O9. The van der Waals surface area contributed by atoms with Crippen LogP contribution in [0.4, 0.5) is 28.6 Å². The number of nitrogens with zero attached hydrogens (tertiary/aromatic N) is 5. The summed E-state index contributed by atoms with van der Waals surface area (Å²) in [6.45, 7) is 5.34. The first-order valence-corrected chi connectivity index (χ1v) is 20.9. The maximum Gasteiger partial charge on any atom is 0.352 e. The molecule has 0 saturated heterocycles. The maximum atomic E-state index is 14.2. The van der Waals surface area contributed by atoms with E-state index in [2.05, 4.69) is 31.2 Å². The molecule has 19 heteroatoms. The molecule has 0 saturated carbocycles. The van der Waals surface area contributed by atoms with Crippen LogP contribution >= 0.6 is 0 Å². The van der Waals surface area contributed by atoms with Gasteiger partial charge in [0.05, 0.1) is 42.7 Å². The summed E-state index contributed by atoms with van der Waals surface area (Å²) in [5.74, 6) is -2.25. The van der Waals surface area contributed by atoms with Crippen molar-refractivity contribution >= 4 is 70.3 Å². The Morgan fingerprint density at radius 3 is 2.31 bits per heavy atom. The van der Waals surface area contributed by atoms with Gasteiger partial charge in [-0.25, -0.2) is 9.78 Å². The van der Waals surface area contributed by atoms with Gasteiger partial charge in [-0.3, -0.25) is 33.9 Å². The number of methoxy groups -OCH3 is 1. The van der Waals surface area contributed by atoms with Gasteiger partial charge in [0, 0.05) is 68.5 Å². The van der Waals surface area contributed by atoms with E-state index in [1.165, 1.54) is 22.4 Å². The summed E-state index contributed by atoms with van der Waals surface area (Å²) >= 11 is 0. The van der Waals surface area contributed by atoms with E-state index < -0.39 is 35.8 Å². The topological polar surface area (TPSA) is 254 Å². The number of benzene rings is 3. The van der Waals surface area contributed by atoms with E-state index in [4.69, 9.17) is 15.2 Å². The predicted molar refractivity (Wildman–Crippen MR) is 243 cm³/mol. The van der Waals surface area contributed by atoms with Crippen LogP contribution < -0.4 is 41.4 Å². The van der Waals surface area contributed by atoms with Gasteiger partial charge in [-0.2, -0.15) is 0 Å². The van der Waals surface area contributed by atoms with Crippen molar-refractivity contribution in [1.82, 2.24) is 19.4 Å². The van der Waals surface area contributed by atoms with Gasteiger partial charge in [-0.05, 0) is 66.8 Å². The summed E-state index contributed by atoms with van der Waals surface area (Å²) in [5, 5.41) is 20.3. The lowest BCUT2D eigenvalue weighted by atomic mass is 10.0. The lowest BCUT2D eigenvalue weighted by Gasteiger charge is -2.23. The number of aryl methyl sites for hydroxylation is 2. The molecule has 0 radical (unpaired) electrons. The van der Waals surface area contributed by atoms with E-state index >= 15 is 0 Å². The molecule has 7 N–H and O–H groups in total. The lowest BCUT2D eigenvalue weighted by Crippen LogP contribution is -2.50. The zero-order valence-corrected chi connectivity index (χ0v) is 36.7. The van der Waals surface area contributed by atoms with Gasteiger partial charge in [0.25, 0.3) is 11.8 Å². The summed E-state index contributed by atoms with van der Waals surface area (Å²) in [6, 6.07) is 15.0. The summed E-state index contributed by atoms with van der Waals surface area (Å²) < 4.78 is 14.7. The first-order chi connectivity index (χ1) is 31.0. The molecule has 0 bridgehead atoms. The molecular weight excluding hydrogens is 837 g/mol. The van der Waals surface area contributed by atoms with E-state index in [1.807, 2.05) is 19.9 Å². The molecule has 3 atom stereocenters. The van der Waals surface area contributed by atoms with Crippen molar-refractivity contribution in [3.05, 3.63) is 95.7 Å². The third kappa shape index (κ3) is 9.89. The van der Waals surface area contributed by atoms with Gasteiger partial charge >= 0.3 is 5.97 Å². The third-order valence-corrected chi connectivity index (χ3v) is 11.1. The van der Waals surface area contributed by atoms with Crippen LogP contribution in [0.3, 0.4) is 0 Å². The Morgan fingerprint density at radius 2 is 1.62 bits per heavy atom. The highest BCUT2D eigenvalue weighted by atomic mass is 16.5. The number of ether oxygens (including phenoxy) is 2. The summed E-state index contributed by atoms with van der Waals surface area (Å²) in [7, 11) is 4.74. The van der Waals surface area contributed by atoms with Crippen molar-refractivity contribution < 1.29 is 43.3 Å². The van der Waals surface area contributed by atoms with Crippen molar-refractivity contribution in [2.24, 2.45) is 30.7 Å². The number of nitrogens with one attached hydrogen (secondary N) is 4. The number of carbonyl (C=O) groups excluding carboxylic acids is 5. The molecule has 0 spiro atoms. The minimum atomic E-state index is -1.03. The van der Waals surface area contributed by atoms with Crippen LogP contribution in [0.15, 0.2) is 78.0 Å². The maximum absolute atomic E-state index is 14.2. The number of imidazole rings is 1. The highest BCUT2D eigenvalue weighted by Crippen LogP contribution is 2.42. The molecule has 0 fully saturated rings.